The molecule has 1 atom stereocenters. The highest BCUT2D eigenvalue weighted by Crippen LogP contribution is 2.52. The summed E-state index contributed by atoms with van der Waals surface area (Å²) in [6, 6.07) is 6.83. The summed E-state index contributed by atoms with van der Waals surface area (Å²) in [6.45, 7) is 0. The molecule has 0 bridgehead atoms. The zero-order valence-electron chi connectivity index (χ0n) is 15.5. The monoisotopic (exact) mass is 387 g/mol. The summed E-state index contributed by atoms with van der Waals surface area (Å²) in [4.78, 5) is 43.3. The van der Waals surface area contributed by atoms with E-state index in [-0.39, 0.29) is 23.8 Å². The maximum absolute atomic E-state index is 13.2. The Balaban J connectivity index is 1.52. The van der Waals surface area contributed by atoms with Crippen LogP contribution in [0.3, 0.4) is 0 Å². The van der Waals surface area contributed by atoms with Crippen molar-refractivity contribution in [3.63, 3.8) is 0 Å². The molecule has 4 heterocycles. The van der Waals surface area contributed by atoms with Crippen molar-refractivity contribution in [1.29, 1.82) is 0 Å². The molecule has 1 saturated heterocycles. The number of amides is 3. The Hall–Kier alpha value is -3.55. The lowest BCUT2D eigenvalue weighted by Crippen LogP contribution is -2.53. The van der Waals surface area contributed by atoms with Crippen molar-refractivity contribution in [3.8, 4) is 0 Å². The largest absolute Gasteiger partial charge is 0.295 e. The highest BCUT2D eigenvalue weighted by molar-refractivity contribution is 6.26. The third-order valence-corrected chi connectivity index (χ3v) is 6.26. The smallest absolute Gasteiger partial charge is 0.260 e. The molecule has 2 fully saturated rings. The van der Waals surface area contributed by atoms with Crippen LogP contribution in [-0.4, -0.2) is 38.5 Å². The maximum atomic E-state index is 13.2. The van der Waals surface area contributed by atoms with E-state index in [9.17, 15) is 14.4 Å². The Morgan fingerprint density at radius 2 is 2.00 bits per heavy atom. The number of aromatic nitrogens is 3. The number of rotatable bonds is 3. The molecule has 1 unspecified atom stereocenters. The topological polar surface area (TPSA) is 97.2 Å². The van der Waals surface area contributed by atoms with Crippen molar-refractivity contribution in [1.82, 2.24) is 20.1 Å². The second-order valence-corrected chi connectivity index (χ2v) is 7.85. The number of hydrogen-bond donors (Lipinski definition) is 1. The molecular formula is C21H17N5O3. The lowest BCUT2D eigenvalue weighted by Gasteiger charge is -2.29. The zero-order chi connectivity index (χ0) is 19.8. The van der Waals surface area contributed by atoms with Crippen molar-refractivity contribution >= 4 is 34.3 Å². The third-order valence-electron chi connectivity index (χ3n) is 6.26. The maximum Gasteiger partial charge on any atom is 0.260 e. The van der Waals surface area contributed by atoms with Crippen molar-refractivity contribution in [2.45, 2.75) is 37.3 Å². The average Bonchev–Trinajstić information content (AvgIpc) is 3.21. The van der Waals surface area contributed by atoms with Crippen molar-refractivity contribution in [3.05, 3.63) is 54.0 Å². The van der Waals surface area contributed by atoms with Crippen LogP contribution in [0, 0.1) is 0 Å². The Kier molecular flexibility index (Phi) is 3.11. The van der Waals surface area contributed by atoms with Gasteiger partial charge in [0.15, 0.2) is 0 Å². The minimum Gasteiger partial charge on any atom is -0.295 e. The first-order valence-corrected chi connectivity index (χ1v) is 9.70. The van der Waals surface area contributed by atoms with Crippen LogP contribution in [-0.2, 0) is 15.1 Å². The molecule has 1 saturated carbocycles. The van der Waals surface area contributed by atoms with Gasteiger partial charge in [-0.3, -0.25) is 29.3 Å². The predicted molar refractivity (Wildman–Crippen MR) is 103 cm³/mol. The summed E-state index contributed by atoms with van der Waals surface area (Å²) < 4.78 is 1.97. The quantitative estimate of drug-likeness (QED) is 0.691. The number of nitrogens with zero attached hydrogens (tertiary/aromatic N) is 4. The number of hydrogen-bond acceptors (Lipinski definition) is 5. The van der Waals surface area contributed by atoms with Crippen LogP contribution in [0.4, 0.5) is 5.82 Å². The number of pyridine rings is 1. The van der Waals surface area contributed by atoms with Crippen LogP contribution in [0.2, 0.25) is 0 Å². The highest BCUT2D eigenvalue weighted by Gasteiger charge is 2.50. The summed E-state index contributed by atoms with van der Waals surface area (Å²) in [5.74, 6) is -0.501. The van der Waals surface area contributed by atoms with E-state index in [1.807, 2.05) is 35.3 Å². The predicted octanol–water partition coefficient (Wildman–Crippen LogP) is 1.73. The van der Waals surface area contributed by atoms with E-state index in [1.54, 1.807) is 12.3 Å². The van der Waals surface area contributed by atoms with E-state index in [4.69, 9.17) is 0 Å². The molecule has 3 amide bonds. The molecule has 6 rings (SSSR count). The number of carbonyl (C=O) groups is 3. The van der Waals surface area contributed by atoms with Crippen molar-refractivity contribution < 1.29 is 14.4 Å². The first kappa shape index (κ1) is 16.4. The Labute approximate surface area is 165 Å². The highest BCUT2D eigenvalue weighted by atomic mass is 16.2. The van der Waals surface area contributed by atoms with Crippen molar-refractivity contribution in [2.75, 3.05) is 4.90 Å². The van der Waals surface area contributed by atoms with Gasteiger partial charge in [0, 0.05) is 36.0 Å². The fourth-order valence-electron chi connectivity index (χ4n) is 4.71. The van der Waals surface area contributed by atoms with Gasteiger partial charge in [-0.2, -0.15) is 5.10 Å². The van der Waals surface area contributed by atoms with Gasteiger partial charge in [-0.25, -0.2) is 4.98 Å². The fraction of sp³-hybridized carbons (Fsp3) is 0.286. The minimum absolute atomic E-state index is 0.209. The molecule has 1 aliphatic carbocycles. The second-order valence-electron chi connectivity index (χ2n) is 7.85. The summed E-state index contributed by atoms with van der Waals surface area (Å²) in [5.41, 5.74) is 1.35. The van der Waals surface area contributed by atoms with Crippen LogP contribution in [0.15, 0.2) is 42.9 Å². The van der Waals surface area contributed by atoms with Gasteiger partial charge in [0.1, 0.15) is 11.9 Å². The third kappa shape index (κ3) is 2.11. The number of carbonyl (C=O) groups excluding carboxylic acids is 3. The number of nitrogens with one attached hydrogen (secondary N) is 1. The van der Waals surface area contributed by atoms with E-state index in [0.717, 1.165) is 29.2 Å². The molecule has 0 spiro atoms. The SMILES string of the molecule is O=C1CCC(N2C(=O)c3cccc4c(C5(n6cccn6)CC5)cnc2c34)C(=O)N1. The summed E-state index contributed by atoms with van der Waals surface area (Å²) in [5, 5.41) is 8.52. The van der Waals surface area contributed by atoms with Gasteiger partial charge in [0.25, 0.3) is 5.91 Å². The van der Waals surface area contributed by atoms with Gasteiger partial charge in [0.05, 0.1) is 11.1 Å². The van der Waals surface area contributed by atoms with Gasteiger partial charge < -0.3 is 0 Å². The molecule has 8 heteroatoms. The summed E-state index contributed by atoms with van der Waals surface area (Å²) in [6.07, 6.45) is 7.96. The Morgan fingerprint density at radius 1 is 1.14 bits per heavy atom. The van der Waals surface area contributed by atoms with Crippen LogP contribution in [0.5, 0.6) is 0 Å². The van der Waals surface area contributed by atoms with Crippen molar-refractivity contribution in [2.24, 2.45) is 0 Å². The Morgan fingerprint density at radius 3 is 2.72 bits per heavy atom. The van der Waals surface area contributed by atoms with E-state index in [0.29, 0.717) is 17.8 Å². The summed E-state index contributed by atoms with van der Waals surface area (Å²) >= 11 is 0. The number of piperidine rings is 1. The molecule has 1 aromatic carbocycles. The molecule has 0 radical (unpaired) electrons. The molecule has 144 valence electrons. The van der Waals surface area contributed by atoms with Gasteiger partial charge in [-0.1, -0.05) is 12.1 Å². The molecule has 8 nitrogen and oxygen atoms in total. The number of benzene rings is 1. The lowest BCUT2D eigenvalue weighted by molar-refractivity contribution is -0.134. The standard InChI is InChI=1S/C21H17N5O3/c27-16-6-5-15(19(28)24-16)26-18-17-12(3-1-4-13(17)20(26)29)14(11-22-18)21(7-8-21)25-10-2-9-23-25/h1-4,9-11,15H,5-8H2,(H,24,27,28). The van der Waals surface area contributed by atoms with E-state index < -0.39 is 11.9 Å². The van der Waals surface area contributed by atoms with Crippen LogP contribution < -0.4 is 10.2 Å². The second kappa shape index (κ2) is 5.50. The molecular weight excluding hydrogens is 370 g/mol. The van der Waals surface area contributed by atoms with Gasteiger partial charge in [0.2, 0.25) is 11.8 Å². The average molecular weight is 387 g/mol. The van der Waals surface area contributed by atoms with E-state index >= 15 is 0 Å². The van der Waals surface area contributed by atoms with E-state index in [1.165, 1.54) is 4.90 Å². The molecule has 29 heavy (non-hydrogen) atoms. The van der Waals surface area contributed by atoms with Gasteiger partial charge in [-0.15, -0.1) is 0 Å². The van der Waals surface area contributed by atoms with Crippen LogP contribution >= 0.6 is 0 Å². The van der Waals surface area contributed by atoms with Crippen LogP contribution in [0.25, 0.3) is 10.8 Å². The summed E-state index contributed by atoms with van der Waals surface area (Å²) in [7, 11) is 0. The molecule has 2 aromatic heterocycles. The van der Waals surface area contributed by atoms with Crippen LogP contribution in [0.1, 0.15) is 41.6 Å². The zero-order valence-corrected chi connectivity index (χ0v) is 15.5. The first-order chi connectivity index (χ1) is 14.1. The number of anilines is 1. The van der Waals surface area contributed by atoms with E-state index in [2.05, 4.69) is 15.4 Å². The fourth-order valence-corrected chi connectivity index (χ4v) is 4.71. The molecule has 3 aliphatic rings. The normalized spacial score (nSPS) is 22.3. The van der Waals surface area contributed by atoms with Gasteiger partial charge >= 0.3 is 0 Å². The molecule has 3 aromatic rings. The molecule has 1 N–H and O–H groups in total. The minimum atomic E-state index is -0.727. The van der Waals surface area contributed by atoms with Gasteiger partial charge in [-0.05, 0) is 36.8 Å². The number of imide groups is 1. The molecule has 2 aliphatic heterocycles. The lowest BCUT2D eigenvalue weighted by atomic mass is 9.97. The Bertz CT molecular complexity index is 1210. The first-order valence-electron chi connectivity index (χ1n) is 9.70.